The molecule has 0 saturated heterocycles. The molecule has 1 aliphatic heterocycles. The van der Waals surface area contributed by atoms with Gasteiger partial charge in [-0.3, -0.25) is 0 Å². The fourth-order valence-electron chi connectivity index (χ4n) is 2.61. The van der Waals surface area contributed by atoms with E-state index in [0.29, 0.717) is 0 Å². The highest BCUT2D eigenvalue weighted by atomic mass is 79.9. The second kappa shape index (κ2) is 6.53. The third-order valence-electron chi connectivity index (χ3n) is 3.80. The van der Waals surface area contributed by atoms with Crippen LogP contribution in [-0.2, 0) is 6.54 Å². The predicted molar refractivity (Wildman–Crippen MR) is 93.1 cm³/mol. The normalized spacial score (nSPS) is 19.1. The van der Waals surface area contributed by atoms with Crippen molar-refractivity contribution in [2.75, 3.05) is 6.54 Å². The molecule has 2 N–H and O–H groups in total. The van der Waals surface area contributed by atoms with E-state index < -0.39 is 0 Å². The lowest BCUT2D eigenvalue weighted by molar-refractivity contribution is 0.455. The number of nitrogens with zero attached hydrogens (tertiary/aromatic N) is 1. The van der Waals surface area contributed by atoms with Gasteiger partial charge in [-0.1, -0.05) is 39.7 Å². The number of halogens is 1. The maximum Gasteiger partial charge on any atom is 0.0347 e. The van der Waals surface area contributed by atoms with Crippen LogP contribution < -0.4 is 5.73 Å². The highest BCUT2D eigenvalue weighted by Gasteiger charge is 2.20. The summed E-state index contributed by atoms with van der Waals surface area (Å²) >= 11 is 5.38. The minimum absolute atomic E-state index is 0.136. The SMILES string of the molecule is Cc1ccc(SN2CCC(N)c3ccc(Br)cc3C2)cc1. The van der Waals surface area contributed by atoms with E-state index in [1.165, 1.54) is 21.6 Å². The van der Waals surface area contributed by atoms with Gasteiger partial charge in [-0.25, -0.2) is 4.31 Å². The van der Waals surface area contributed by atoms with Crippen molar-refractivity contribution in [2.24, 2.45) is 5.73 Å². The molecule has 0 aliphatic carbocycles. The summed E-state index contributed by atoms with van der Waals surface area (Å²) in [6.45, 7) is 4.06. The molecule has 1 atom stereocenters. The maximum absolute atomic E-state index is 6.32. The van der Waals surface area contributed by atoms with Gasteiger partial charge in [-0.2, -0.15) is 0 Å². The number of aryl methyl sites for hydroxylation is 1. The van der Waals surface area contributed by atoms with E-state index in [4.69, 9.17) is 5.73 Å². The van der Waals surface area contributed by atoms with Crippen LogP contribution in [0, 0.1) is 6.92 Å². The summed E-state index contributed by atoms with van der Waals surface area (Å²) in [5.74, 6) is 0. The molecule has 0 bridgehead atoms. The molecule has 0 spiro atoms. The second-order valence-electron chi connectivity index (χ2n) is 5.51. The lowest BCUT2D eigenvalue weighted by Crippen LogP contribution is -2.16. The molecule has 1 heterocycles. The first-order valence-corrected chi connectivity index (χ1v) is 8.72. The quantitative estimate of drug-likeness (QED) is 0.787. The minimum Gasteiger partial charge on any atom is -0.324 e. The molecule has 0 aromatic heterocycles. The Morgan fingerprint density at radius 1 is 1.19 bits per heavy atom. The number of fused-ring (bicyclic) bond motifs is 1. The zero-order valence-electron chi connectivity index (χ0n) is 12.1. The van der Waals surface area contributed by atoms with E-state index in [9.17, 15) is 0 Å². The van der Waals surface area contributed by atoms with Crippen LogP contribution in [0.5, 0.6) is 0 Å². The lowest BCUT2D eigenvalue weighted by Gasteiger charge is -2.19. The topological polar surface area (TPSA) is 29.3 Å². The first-order valence-electron chi connectivity index (χ1n) is 7.15. The Morgan fingerprint density at radius 2 is 1.95 bits per heavy atom. The van der Waals surface area contributed by atoms with Gasteiger partial charge in [0.1, 0.15) is 0 Å². The van der Waals surface area contributed by atoms with E-state index >= 15 is 0 Å². The van der Waals surface area contributed by atoms with Crippen molar-refractivity contribution in [3.05, 3.63) is 63.6 Å². The Balaban J connectivity index is 1.80. The molecule has 1 unspecified atom stereocenters. The van der Waals surface area contributed by atoms with Crippen LogP contribution in [0.3, 0.4) is 0 Å². The van der Waals surface area contributed by atoms with Gasteiger partial charge >= 0.3 is 0 Å². The van der Waals surface area contributed by atoms with Crippen LogP contribution in [0.15, 0.2) is 51.8 Å². The first kappa shape index (κ1) is 15.1. The van der Waals surface area contributed by atoms with Crippen LogP contribution in [0.4, 0.5) is 0 Å². The molecule has 110 valence electrons. The molecule has 3 rings (SSSR count). The summed E-state index contributed by atoms with van der Waals surface area (Å²) in [6, 6.07) is 15.3. The van der Waals surface area contributed by atoms with E-state index in [0.717, 1.165) is 24.0 Å². The van der Waals surface area contributed by atoms with Crippen LogP contribution in [-0.4, -0.2) is 10.8 Å². The number of nitrogens with two attached hydrogens (primary N) is 1. The van der Waals surface area contributed by atoms with Gasteiger partial charge in [-0.15, -0.1) is 0 Å². The minimum atomic E-state index is 0.136. The number of benzene rings is 2. The highest BCUT2D eigenvalue weighted by Crippen LogP contribution is 2.32. The Hall–Kier alpha value is -0.810. The van der Waals surface area contributed by atoms with E-state index in [1.54, 1.807) is 0 Å². The van der Waals surface area contributed by atoms with Gasteiger partial charge in [-0.05, 0) is 60.7 Å². The van der Waals surface area contributed by atoms with Gasteiger partial charge in [0.25, 0.3) is 0 Å². The van der Waals surface area contributed by atoms with Gasteiger partial charge in [0.05, 0.1) is 0 Å². The summed E-state index contributed by atoms with van der Waals surface area (Å²) in [5, 5.41) is 0. The molecule has 0 fully saturated rings. The van der Waals surface area contributed by atoms with Gasteiger partial charge in [0.2, 0.25) is 0 Å². The van der Waals surface area contributed by atoms with E-state index in [2.05, 4.69) is 69.6 Å². The van der Waals surface area contributed by atoms with Gasteiger partial charge in [0.15, 0.2) is 0 Å². The van der Waals surface area contributed by atoms with Crippen LogP contribution >= 0.6 is 27.9 Å². The molecule has 0 saturated carbocycles. The number of hydrogen-bond donors (Lipinski definition) is 1. The summed E-state index contributed by atoms with van der Waals surface area (Å²) in [6.07, 6.45) is 0.994. The third kappa shape index (κ3) is 3.69. The predicted octanol–water partition coefficient (Wildman–Crippen LogP) is 4.67. The van der Waals surface area contributed by atoms with Gasteiger partial charge < -0.3 is 5.73 Å². The van der Waals surface area contributed by atoms with Crippen LogP contribution in [0.25, 0.3) is 0 Å². The van der Waals surface area contributed by atoms with Crippen molar-refractivity contribution in [3.63, 3.8) is 0 Å². The lowest BCUT2D eigenvalue weighted by atomic mass is 10.0. The van der Waals surface area contributed by atoms with Crippen molar-refractivity contribution in [2.45, 2.75) is 30.8 Å². The summed E-state index contributed by atoms with van der Waals surface area (Å²) in [7, 11) is 0. The molecule has 2 aromatic rings. The Bertz CT molecular complexity index is 627. The van der Waals surface area contributed by atoms with E-state index in [-0.39, 0.29) is 6.04 Å². The number of rotatable bonds is 2. The maximum atomic E-state index is 6.32. The fourth-order valence-corrected chi connectivity index (χ4v) is 3.97. The molecule has 1 aliphatic rings. The molecule has 21 heavy (non-hydrogen) atoms. The summed E-state index contributed by atoms with van der Waals surface area (Å²) in [5.41, 5.74) is 10.2. The Labute approximate surface area is 139 Å². The highest BCUT2D eigenvalue weighted by molar-refractivity contribution is 9.10. The van der Waals surface area contributed by atoms with Gasteiger partial charge in [0, 0.05) is 28.5 Å². The zero-order chi connectivity index (χ0) is 14.8. The van der Waals surface area contributed by atoms with Crippen LogP contribution in [0.2, 0.25) is 0 Å². The molecular weight excluding hydrogens is 344 g/mol. The average molecular weight is 363 g/mol. The average Bonchev–Trinajstić information content (AvgIpc) is 2.61. The van der Waals surface area contributed by atoms with Crippen molar-refractivity contribution in [1.29, 1.82) is 0 Å². The third-order valence-corrected chi connectivity index (χ3v) is 5.34. The molecule has 0 radical (unpaired) electrons. The van der Waals surface area contributed by atoms with Crippen molar-refractivity contribution < 1.29 is 0 Å². The van der Waals surface area contributed by atoms with Crippen LogP contribution in [0.1, 0.15) is 29.2 Å². The molecule has 2 nitrogen and oxygen atoms in total. The molecule has 2 aromatic carbocycles. The zero-order valence-corrected chi connectivity index (χ0v) is 14.5. The second-order valence-corrected chi connectivity index (χ2v) is 7.59. The Morgan fingerprint density at radius 3 is 2.71 bits per heavy atom. The van der Waals surface area contributed by atoms with Crippen molar-refractivity contribution in [3.8, 4) is 0 Å². The van der Waals surface area contributed by atoms with Crippen molar-refractivity contribution in [1.82, 2.24) is 4.31 Å². The molecule has 4 heteroatoms. The standard InChI is InChI=1S/C17H19BrN2S/c1-12-2-5-15(6-3-12)21-20-9-8-17(19)16-7-4-14(18)10-13(16)11-20/h2-7,10,17H,8-9,11,19H2,1H3. The molecular formula is C17H19BrN2S. The smallest absolute Gasteiger partial charge is 0.0347 e. The largest absolute Gasteiger partial charge is 0.324 e. The summed E-state index contributed by atoms with van der Waals surface area (Å²) in [4.78, 5) is 1.28. The molecule has 0 amide bonds. The fraction of sp³-hybridized carbons (Fsp3) is 0.294. The first-order chi connectivity index (χ1) is 10.1. The van der Waals surface area contributed by atoms with Crippen molar-refractivity contribution >= 4 is 27.9 Å². The van der Waals surface area contributed by atoms with E-state index in [1.807, 2.05) is 11.9 Å². The summed E-state index contributed by atoms with van der Waals surface area (Å²) < 4.78 is 3.53. The monoisotopic (exact) mass is 362 g/mol. The number of hydrogen-bond acceptors (Lipinski definition) is 3. The Kier molecular flexibility index (Phi) is 4.69.